The Labute approximate surface area is 197 Å². The Morgan fingerprint density at radius 2 is 1.93 bits per heavy atom. The molecule has 0 aliphatic carbocycles. The van der Waals surface area contributed by atoms with E-state index in [4.69, 9.17) is 9.47 Å². The van der Waals surface area contributed by atoms with E-state index in [1.54, 1.807) is 12.1 Å². The minimum atomic E-state index is -0.465. The van der Waals surface area contributed by atoms with Crippen LogP contribution in [0.3, 0.4) is 0 Å². The number of rotatable bonds is 8. The van der Waals surface area contributed by atoms with Crippen LogP contribution >= 0.6 is 38.5 Å². The number of urea groups is 1. The number of carbonyl (C=O) groups is 2. The van der Waals surface area contributed by atoms with Gasteiger partial charge < -0.3 is 14.8 Å². The van der Waals surface area contributed by atoms with Crippen molar-refractivity contribution < 1.29 is 19.1 Å². The molecule has 0 atom stereocenters. The minimum Gasteiger partial charge on any atom is -0.490 e. The van der Waals surface area contributed by atoms with Crippen molar-refractivity contribution in [1.82, 2.24) is 10.2 Å². The van der Waals surface area contributed by atoms with Crippen LogP contribution in [0, 0.1) is 3.57 Å². The molecule has 6 nitrogen and oxygen atoms in total. The average molecular weight is 583 g/mol. The topological polar surface area (TPSA) is 67.9 Å². The molecule has 0 unspecified atom stereocenters. The summed E-state index contributed by atoms with van der Waals surface area (Å²) in [7, 11) is 0. The Morgan fingerprint density at radius 3 is 2.60 bits per heavy atom. The maximum atomic E-state index is 12.4. The third kappa shape index (κ3) is 5.23. The maximum absolute atomic E-state index is 12.4. The van der Waals surface area contributed by atoms with Crippen molar-refractivity contribution in [2.24, 2.45) is 0 Å². The first-order chi connectivity index (χ1) is 14.4. The molecule has 30 heavy (non-hydrogen) atoms. The predicted molar refractivity (Wildman–Crippen MR) is 127 cm³/mol. The van der Waals surface area contributed by atoms with Crippen molar-refractivity contribution in [1.29, 1.82) is 0 Å². The molecule has 156 valence electrons. The first-order valence-corrected chi connectivity index (χ1v) is 11.1. The summed E-state index contributed by atoms with van der Waals surface area (Å²) < 4.78 is 13.6. The van der Waals surface area contributed by atoms with Gasteiger partial charge >= 0.3 is 6.03 Å². The van der Waals surface area contributed by atoms with Gasteiger partial charge in [0.2, 0.25) is 0 Å². The van der Waals surface area contributed by atoms with Crippen molar-refractivity contribution in [2.75, 3.05) is 13.2 Å². The lowest BCUT2D eigenvalue weighted by molar-refractivity contribution is -0.122. The van der Waals surface area contributed by atoms with E-state index in [0.717, 1.165) is 14.0 Å². The summed E-state index contributed by atoms with van der Waals surface area (Å²) in [6.07, 6.45) is 3.11. The zero-order chi connectivity index (χ0) is 21.7. The van der Waals surface area contributed by atoms with Crippen molar-refractivity contribution in [3.63, 3.8) is 0 Å². The lowest BCUT2D eigenvalue weighted by atomic mass is 10.1. The fraction of sp³-hybridized carbons (Fsp3) is 0.182. The lowest BCUT2D eigenvalue weighted by Crippen LogP contribution is -2.30. The molecule has 1 saturated heterocycles. The predicted octanol–water partition coefficient (Wildman–Crippen LogP) is 5.11. The van der Waals surface area contributed by atoms with E-state index in [1.807, 2.05) is 37.3 Å². The number of hydrogen-bond donors (Lipinski definition) is 1. The second kappa shape index (κ2) is 10.1. The van der Waals surface area contributed by atoms with E-state index in [0.29, 0.717) is 34.7 Å². The van der Waals surface area contributed by atoms with Crippen molar-refractivity contribution in [2.45, 2.75) is 13.5 Å². The summed E-state index contributed by atoms with van der Waals surface area (Å²) in [5.74, 6) is 0.726. The zero-order valence-electron chi connectivity index (χ0n) is 16.3. The van der Waals surface area contributed by atoms with Crippen LogP contribution in [-0.4, -0.2) is 30.0 Å². The average Bonchev–Trinajstić information content (AvgIpc) is 2.97. The number of ether oxygens (including phenoxy) is 2. The van der Waals surface area contributed by atoms with E-state index in [9.17, 15) is 9.59 Å². The van der Waals surface area contributed by atoms with Crippen LogP contribution in [-0.2, 0) is 11.4 Å². The highest BCUT2D eigenvalue weighted by molar-refractivity contribution is 14.1. The van der Waals surface area contributed by atoms with Gasteiger partial charge in [-0.05, 0) is 86.9 Å². The van der Waals surface area contributed by atoms with Crippen LogP contribution in [0.5, 0.6) is 11.5 Å². The Balaban J connectivity index is 1.85. The Hall–Kier alpha value is -2.33. The van der Waals surface area contributed by atoms with Gasteiger partial charge in [0.05, 0.1) is 11.1 Å². The van der Waals surface area contributed by atoms with E-state index >= 15 is 0 Å². The molecule has 0 bridgehead atoms. The summed E-state index contributed by atoms with van der Waals surface area (Å²) in [6.45, 7) is 6.45. The van der Waals surface area contributed by atoms with Crippen LogP contribution in [0.15, 0.2) is 59.2 Å². The SMILES string of the molecule is C=CCN1C(=O)N/C(=C/c2cc(Br)c(OCc3ccc(I)cc3)c(OCC)c2)C1=O. The van der Waals surface area contributed by atoms with E-state index in [-0.39, 0.29) is 12.2 Å². The Bertz CT molecular complexity index is 1000. The van der Waals surface area contributed by atoms with Crippen LogP contribution in [0.25, 0.3) is 6.08 Å². The molecule has 3 amide bonds. The van der Waals surface area contributed by atoms with E-state index < -0.39 is 11.9 Å². The monoisotopic (exact) mass is 582 g/mol. The van der Waals surface area contributed by atoms with Gasteiger partial charge in [0, 0.05) is 10.1 Å². The molecule has 0 radical (unpaired) electrons. The Morgan fingerprint density at radius 1 is 1.20 bits per heavy atom. The molecule has 2 aromatic carbocycles. The molecule has 0 aromatic heterocycles. The van der Waals surface area contributed by atoms with Crippen LogP contribution in [0.4, 0.5) is 4.79 Å². The second-order valence-electron chi connectivity index (χ2n) is 6.37. The normalized spacial score (nSPS) is 14.8. The third-order valence-electron chi connectivity index (χ3n) is 4.21. The fourth-order valence-electron chi connectivity index (χ4n) is 2.84. The molecule has 2 aromatic rings. The van der Waals surface area contributed by atoms with Crippen LogP contribution in [0.1, 0.15) is 18.1 Å². The molecular formula is C22H20BrIN2O4. The summed E-state index contributed by atoms with van der Waals surface area (Å²) in [4.78, 5) is 25.5. The number of hydrogen-bond acceptors (Lipinski definition) is 4. The Kier molecular flexibility index (Phi) is 7.54. The fourth-order valence-corrected chi connectivity index (χ4v) is 3.78. The molecule has 8 heteroatoms. The van der Waals surface area contributed by atoms with Crippen molar-refractivity contribution in [3.8, 4) is 11.5 Å². The number of nitrogens with zero attached hydrogens (tertiary/aromatic N) is 1. The second-order valence-corrected chi connectivity index (χ2v) is 8.47. The first-order valence-electron chi connectivity index (χ1n) is 9.22. The molecule has 1 heterocycles. The van der Waals surface area contributed by atoms with Gasteiger partial charge in [-0.2, -0.15) is 0 Å². The van der Waals surface area contributed by atoms with Gasteiger partial charge in [-0.1, -0.05) is 18.2 Å². The van der Waals surface area contributed by atoms with Gasteiger partial charge in [-0.25, -0.2) is 4.79 Å². The molecular weight excluding hydrogens is 563 g/mol. The van der Waals surface area contributed by atoms with Crippen molar-refractivity contribution in [3.05, 3.63) is 73.9 Å². The van der Waals surface area contributed by atoms with Gasteiger partial charge in [-0.3, -0.25) is 9.69 Å². The van der Waals surface area contributed by atoms with Crippen LogP contribution < -0.4 is 14.8 Å². The number of imide groups is 1. The maximum Gasteiger partial charge on any atom is 0.329 e. The van der Waals surface area contributed by atoms with Crippen LogP contribution in [0.2, 0.25) is 0 Å². The van der Waals surface area contributed by atoms with E-state index in [2.05, 4.69) is 50.4 Å². The molecule has 0 saturated carbocycles. The van der Waals surface area contributed by atoms with Gasteiger partial charge in [0.15, 0.2) is 11.5 Å². The molecule has 1 aliphatic rings. The number of carbonyl (C=O) groups excluding carboxylic acids is 2. The first kappa shape index (κ1) is 22.4. The highest BCUT2D eigenvalue weighted by Gasteiger charge is 2.32. The molecule has 1 N–H and O–H groups in total. The number of amides is 3. The largest absolute Gasteiger partial charge is 0.490 e. The number of halogens is 2. The quantitative estimate of drug-likeness (QED) is 0.203. The lowest BCUT2D eigenvalue weighted by Gasteiger charge is -2.15. The summed E-state index contributed by atoms with van der Waals surface area (Å²) in [5, 5.41) is 2.59. The zero-order valence-corrected chi connectivity index (χ0v) is 20.0. The highest BCUT2D eigenvalue weighted by Crippen LogP contribution is 2.38. The highest BCUT2D eigenvalue weighted by atomic mass is 127. The third-order valence-corrected chi connectivity index (χ3v) is 5.52. The van der Waals surface area contributed by atoms with Gasteiger partial charge in [0.25, 0.3) is 5.91 Å². The smallest absolute Gasteiger partial charge is 0.329 e. The number of nitrogens with one attached hydrogen (secondary N) is 1. The van der Waals surface area contributed by atoms with Crippen molar-refractivity contribution >= 4 is 56.5 Å². The standard InChI is InChI=1S/C22H20BrIN2O4/c1-3-9-26-21(27)18(25-22(26)28)11-15-10-17(23)20(19(12-15)29-4-2)30-13-14-5-7-16(24)8-6-14/h3,5-8,10-12H,1,4,9,13H2,2H3,(H,25,28)/b18-11+. The molecule has 1 fully saturated rings. The minimum absolute atomic E-state index is 0.154. The summed E-state index contributed by atoms with van der Waals surface area (Å²) >= 11 is 5.79. The van der Waals surface area contributed by atoms with Gasteiger partial charge in [0.1, 0.15) is 12.3 Å². The molecule has 3 rings (SSSR count). The van der Waals surface area contributed by atoms with Gasteiger partial charge in [-0.15, -0.1) is 6.58 Å². The molecule has 1 aliphatic heterocycles. The number of benzene rings is 2. The summed E-state index contributed by atoms with van der Waals surface area (Å²) in [5.41, 5.74) is 1.93. The molecule has 0 spiro atoms. The summed E-state index contributed by atoms with van der Waals surface area (Å²) in [6, 6.07) is 11.2. The van der Waals surface area contributed by atoms with E-state index in [1.165, 1.54) is 6.08 Å².